The number of carbonyl (C=O) groups is 1. The Kier molecular flexibility index (Phi) is 4.91. The fourth-order valence-corrected chi connectivity index (χ4v) is 6.22. The van der Waals surface area contributed by atoms with E-state index in [4.69, 9.17) is 0 Å². The van der Waals surface area contributed by atoms with E-state index in [2.05, 4.69) is 31.8 Å². The first-order valence-corrected chi connectivity index (χ1v) is 12.6. The number of amides is 1. The van der Waals surface area contributed by atoms with E-state index in [9.17, 15) is 4.79 Å². The number of para-hydroxylation sites is 2. The van der Waals surface area contributed by atoms with Crippen LogP contribution in [0.25, 0.3) is 0 Å². The van der Waals surface area contributed by atoms with Crippen LogP contribution >= 0.6 is 23.5 Å². The zero-order chi connectivity index (χ0) is 20.8. The number of aromatic nitrogens is 3. The molecule has 0 N–H and O–H groups in total. The topological polar surface area (TPSA) is 54.3 Å². The molecule has 31 heavy (non-hydrogen) atoms. The Morgan fingerprint density at radius 1 is 0.968 bits per heavy atom. The van der Waals surface area contributed by atoms with Gasteiger partial charge in [0, 0.05) is 28.9 Å². The number of hydrogen-bond donors (Lipinski definition) is 0. The minimum atomic E-state index is 0.0678. The first-order valence-electron chi connectivity index (χ1n) is 10.8. The standard InChI is InChI=1S/C23H23N5OS2/c29-21(28-17-7-1-3-9-19(17)31-20-10-4-2-8-18(20)28)15-30-23-25-24-22(26-13-5-6-14-26)27(23)16-11-12-16/h1-4,7-10,16H,5-6,11-15H2. The molecule has 0 atom stereocenters. The van der Waals surface area contributed by atoms with Crippen molar-refractivity contribution >= 4 is 46.8 Å². The fourth-order valence-electron chi connectivity index (χ4n) is 4.32. The molecule has 2 aromatic carbocycles. The Morgan fingerprint density at radius 2 is 1.61 bits per heavy atom. The summed E-state index contributed by atoms with van der Waals surface area (Å²) >= 11 is 3.23. The normalized spacial score (nSPS) is 17.5. The van der Waals surface area contributed by atoms with Crippen molar-refractivity contribution in [2.24, 2.45) is 0 Å². The van der Waals surface area contributed by atoms with Crippen LogP contribution < -0.4 is 9.80 Å². The third-order valence-corrected chi connectivity index (χ3v) is 8.01. The van der Waals surface area contributed by atoms with Gasteiger partial charge in [-0.2, -0.15) is 0 Å². The van der Waals surface area contributed by atoms with E-state index in [1.807, 2.05) is 41.3 Å². The molecule has 6 nitrogen and oxygen atoms in total. The van der Waals surface area contributed by atoms with E-state index in [0.29, 0.717) is 11.8 Å². The highest BCUT2D eigenvalue weighted by Crippen LogP contribution is 2.48. The van der Waals surface area contributed by atoms with Gasteiger partial charge in [0.15, 0.2) is 5.16 Å². The van der Waals surface area contributed by atoms with Gasteiger partial charge in [0.2, 0.25) is 11.9 Å². The van der Waals surface area contributed by atoms with Gasteiger partial charge in [0.25, 0.3) is 0 Å². The molecule has 158 valence electrons. The Balaban J connectivity index is 1.27. The second-order valence-corrected chi connectivity index (χ2v) is 10.2. The molecule has 0 bridgehead atoms. The summed E-state index contributed by atoms with van der Waals surface area (Å²) in [5.41, 5.74) is 1.91. The first kappa shape index (κ1) is 19.3. The number of fused-ring (bicyclic) bond motifs is 2. The highest BCUT2D eigenvalue weighted by molar-refractivity contribution is 8.00. The lowest BCUT2D eigenvalue weighted by atomic mass is 10.2. The van der Waals surface area contributed by atoms with Crippen LogP contribution in [0, 0.1) is 0 Å². The van der Waals surface area contributed by atoms with Crippen LogP contribution in [0.1, 0.15) is 31.7 Å². The van der Waals surface area contributed by atoms with E-state index in [-0.39, 0.29) is 5.91 Å². The number of carbonyl (C=O) groups excluding carboxylic acids is 1. The molecule has 1 saturated carbocycles. The Morgan fingerprint density at radius 3 is 2.26 bits per heavy atom. The molecule has 8 heteroatoms. The minimum Gasteiger partial charge on any atom is -0.341 e. The average molecular weight is 450 g/mol. The maximum Gasteiger partial charge on any atom is 0.242 e. The van der Waals surface area contributed by atoms with E-state index >= 15 is 0 Å². The molecule has 0 spiro atoms. The monoisotopic (exact) mass is 449 g/mol. The van der Waals surface area contributed by atoms with Crippen LogP contribution in [0.5, 0.6) is 0 Å². The third kappa shape index (κ3) is 3.51. The summed E-state index contributed by atoms with van der Waals surface area (Å²) < 4.78 is 2.28. The predicted octanol–water partition coefficient (Wildman–Crippen LogP) is 5.13. The highest BCUT2D eigenvalue weighted by atomic mass is 32.2. The Labute approximate surface area is 190 Å². The van der Waals surface area contributed by atoms with Crippen molar-refractivity contribution in [1.29, 1.82) is 0 Å². The molecule has 6 rings (SSSR count). The highest BCUT2D eigenvalue weighted by Gasteiger charge is 2.33. The van der Waals surface area contributed by atoms with Crippen LogP contribution in [0.4, 0.5) is 17.3 Å². The van der Waals surface area contributed by atoms with Crippen molar-refractivity contribution in [3.63, 3.8) is 0 Å². The minimum absolute atomic E-state index is 0.0678. The van der Waals surface area contributed by atoms with Gasteiger partial charge in [0.1, 0.15) is 0 Å². The van der Waals surface area contributed by atoms with E-state index < -0.39 is 0 Å². The average Bonchev–Trinajstić information content (AvgIpc) is 3.32. The molecule has 1 aliphatic carbocycles. The number of benzene rings is 2. The van der Waals surface area contributed by atoms with Gasteiger partial charge in [0.05, 0.1) is 17.1 Å². The Bertz CT molecular complexity index is 1090. The molecule has 3 heterocycles. The zero-order valence-electron chi connectivity index (χ0n) is 17.1. The number of anilines is 3. The number of thioether (sulfide) groups is 1. The van der Waals surface area contributed by atoms with Crippen molar-refractivity contribution in [3.8, 4) is 0 Å². The third-order valence-electron chi connectivity index (χ3n) is 5.95. The van der Waals surface area contributed by atoms with Gasteiger partial charge in [-0.05, 0) is 49.9 Å². The summed E-state index contributed by atoms with van der Waals surface area (Å²) in [6.07, 6.45) is 4.77. The molecular formula is C23H23N5OS2. The van der Waals surface area contributed by atoms with Crippen LogP contribution in [0.3, 0.4) is 0 Å². The molecule has 0 radical (unpaired) electrons. The molecule has 3 aliphatic rings. The number of hydrogen-bond acceptors (Lipinski definition) is 6. The van der Waals surface area contributed by atoms with Gasteiger partial charge >= 0.3 is 0 Å². The molecule has 2 fully saturated rings. The second-order valence-electron chi connectivity index (χ2n) is 8.13. The number of nitrogens with zero attached hydrogens (tertiary/aromatic N) is 5. The summed E-state index contributed by atoms with van der Waals surface area (Å²) in [5.74, 6) is 1.39. The molecule has 1 amide bonds. The van der Waals surface area contributed by atoms with Crippen molar-refractivity contribution in [1.82, 2.24) is 14.8 Å². The zero-order valence-corrected chi connectivity index (χ0v) is 18.7. The summed E-state index contributed by atoms with van der Waals surface area (Å²) in [7, 11) is 0. The van der Waals surface area contributed by atoms with Crippen molar-refractivity contribution in [2.45, 2.75) is 46.7 Å². The smallest absolute Gasteiger partial charge is 0.242 e. The summed E-state index contributed by atoms with van der Waals surface area (Å²) in [6, 6.07) is 16.7. The summed E-state index contributed by atoms with van der Waals surface area (Å²) in [5, 5.41) is 9.87. The number of rotatable bonds is 5. The van der Waals surface area contributed by atoms with Gasteiger partial charge in [-0.1, -0.05) is 47.8 Å². The lowest BCUT2D eigenvalue weighted by molar-refractivity contribution is -0.115. The molecular weight excluding hydrogens is 426 g/mol. The second kappa shape index (κ2) is 7.91. The van der Waals surface area contributed by atoms with Crippen molar-refractivity contribution < 1.29 is 4.79 Å². The predicted molar refractivity (Wildman–Crippen MR) is 125 cm³/mol. The summed E-state index contributed by atoms with van der Waals surface area (Å²) in [4.78, 5) is 19.9. The van der Waals surface area contributed by atoms with E-state index in [1.165, 1.54) is 37.4 Å². The van der Waals surface area contributed by atoms with Gasteiger partial charge < -0.3 is 4.90 Å². The molecule has 3 aromatic rings. The van der Waals surface area contributed by atoms with Crippen molar-refractivity contribution in [2.75, 3.05) is 28.6 Å². The largest absolute Gasteiger partial charge is 0.341 e. The first-order chi connectivity index (χ1) is 15.3. The molecule has 1 aromatic heterocycles. The lowest BCUT2D eigenvalue weighted by Gasteiger charge is -2.31. The van der Waals surface area contributed by atoms with E-state index in [1.54, 1.807) is 11.8 Å². The van der Waals surface area contributed by atoms with Crippen LogP contribution in [-0.2, 0) is 4.79 Å². The maximum atomic E-state index is 13.5. The molecule has 1 saturated heterocycles. The summed E-state index contributed by atoms with van der Waals surface area (Å²) in [6.45, 7) is 2.10. The fraction of sp³-hybridized carbons (Fsp3) is 0.348. The van der Waals surface area contributed by atoms with Crippen LogP contribution in [-0.4, -0.2) is 39.5 Å². The van der Waals surface area contributed by atoms with Gasteiger partial charge in [-0.25, -0.2) is 0 Å². The molecule has 0 unspecified atom stereocenters. The van der Waals surface area contributed by atoms with E-state index in [0.717, 1.165) is 45.4 Å². The van der Waals surface area contributed by atoms with Gasteiger partial charge in [-0.3, -0.25) is 14.3 Å². The quantitative estimate of drug-likeness (QED) is 0.503. The lowest BCUT2D eigenvalue weighted by Crippen LogP contribution is -2.30. The van der Waals surface area contributed by atoms with Crippen LogP contribution in [0.15, 0.2) is 63.5 Å². The van der Waals surface area contributed by atoms with Crippen molar-refractivity contribution in [3.05, 3.63) is 48.5 Å². The Hall–Kier alpha value is -2.45. The van der Waals surface area contributed by atoms with Crippen LogP contribution in [0.2, 0.25) is 0 Å². The SMILES string of the molecule is O=C(CSc1nnc(N2CCCC2)n1C1CC1)N1c2ccccc2Sc2ccccc21. The maximum absolute atomic E-state index is 13.5. The molecule has 2 aliphatic heterocycles. The van der Waals surface area contributed by atoms with Gasteiger partial charge in [-0.15, -0.1) is 10.2 Å².